The Kier molecular flexibility index (Phi) is 1.86. The molecule has 2 heteroatoms. The summed E-state index contributed by atoms with van der Waals surface area (Å²) in [5.41, 5.74) is -0.920. The highest BCUT2D eigenvalue weighted by molar-refractivity contribution is 5.22. The normalized spacial score (nSPS) is 49.0. The fraction of sp³-hybridized carbons (Fsp3) is 0.636. The van der Waals surface area contributed by atoms with E-state index in [9.17, 15) is 10.2 Å². The standard InChI is InChI=1S/C11H16O2/c1-10-5-2-3-6-11(10,13)8-9(12)4-7-10/h2-4,7,9,12-13H,5-6,8H2,1H3/t9-,10-,11+/m0/s1. The third kappa shape index (κ3) is 1.25. The summed E-state index contributed by atoms with van der Waals surface area (Å²) in [6.07, 6.45) is 9.38. The summed E-state index contributed by atoms with van der Waals surface area (Å²) in [6, 6.07) is 0. The van der Waals surface area contributed by atoms with Crippen LogP contribution in [0, 0.1) is 5.41 Å². The summed E-state index contributed by atoms with van der Waals surface area (Å²) in [7, 11) is 0. The van der Waals surface area contributed by atoms with Crippen LogP contribution in [0.5, 0.6) is 0 Å². The van der Waals surface area contributed by atoms with Crippen molar-refractivity contribution in [3.05, 3.63) is 24.3 Å². The molecule has 0 aliphatic heterocycles. The molecule has 0 fully saturated rings. The Morgan fingerprint density at radius 3 is 2.77 bits per heavy atom. The molecule has 0 amide bonds. The van der Waals surface area contributed by atoms with E-state index in [1.54, 1.807) is 6.08 Å². The second-order valence-electron chi connectivity index (χ2n) is 4.46. The molecule has 2 rings (SSSR count). The Balaban J connectivity index is 2.37. The summed E-state index contributed by atoms with van der Waals surface area (Å²) in [5.74, 6) is 0. The van der Waals surface area contributed by atoms with Crippen molar-refractivity contribution in [2.24, 2.45) is 5.41 Å². The van der Waals surface area contributed by atoms with Crippen LogP contribution in [0.3, 0.4) is 0 Å². The molecule has 0 aromatic carbocycles. The van der Waals surface area contributed by atoms with Gasteiger partial charge in [0.05, 0.1) is 11.7 Å². The highest BCUT2D eigenvalue weighted by Crippen LogP contribution is 2.47. The Bertz CT molecular complexity index is 269. The molecular formula is C11H16O2. The first-order chi connectivity index (χ1) is 6.06. The van der Waals surface area contributed by atoms with Crippen molar-refractivity contribution in [1.82, 2.24) is 0 Å². The van der Waals surface area contributed by atoms with E-state index in [1.807, 2.05) is 12.2 Å². The van der Waals surface area contributed by atoms with E-state index >= 15 is 0 Å². The lowest BCUT2D eigenvalue weighted by molar-refractivity contribution is -0.0856. The first-order valence-electron chi connectivity index (χ1n) is 4.81. The van der Waals surface area contributed by atoms with Gasteiger partial charge in [-0.25, -0.2) is 0 Å². The van der Waals surface area contributed by atoms with Gasteiger partial charge in [0.2, 0.25) is 0 Å². The maximum atomic E-state index is 10.4. The third-order valence-electron chi connectivity index (χ3n) is 3.46. The maximum Gasteiger partial charge on any atom is 0.0800 e. The van der Waals surface area contributed by atoms with Crippen LogP contribution in [0.2, 0.25) is 0 Å². The Hall–Kier alpha value is -0.600. The number of allylic oxidation sites excluding steroid dienone is 1. The van der Waals surface area contributed by atoms with E-state index in [0.717, 1.165) is 6.42 Å². The Morgan fingerprint density at radius 1 is 1.31 bits per heavy atom. The smallest absolute Gasteiger partial charge is 0.0800 e. The number of hydrogen-bond donors (Lipinski definition) is 2. The van der Waals surface area contributed by atoms with Gasteiger partial charge >= 0.3 is 0 Å². The number of fused-ring (bicyclic) bond motifs is 1. The van der Waals surface area contributed by atoms with Gasteiger partial charge in [0.1, 0.15) is 0 Å². The molecule has 0 bridgehead atoms. The fourth-order valence-electron chi connectivity index (χ4n) is 2.31. The number of aliphatic hydroxyl groups is 2. The molecule has 0 spiro atoms. The predicted octanol–water partition coefficient (Wildman–Crippen LogP) is 1.39. The molecular weight excluding hydrogens is 164 g/mol. The van der Waals surface area contributed by atoms with Crippen molar-refractivity contribution in [2.75, 3.05) is 0 Å². The molecule has 0 heterocycles. The SMILES string of the molecule is C[C@]12C=C[C@H](O)C[C@]1(O)CC=CC2. The molecule has 3 atom stereocenters. The van der Waals surface area contributed by atoms with Gasteiger partial charge in [-0.3, -0.25) is 0 Å². The molecule has 2 aliphatic rings. The van der Waals surface area contributed by atoms with E-state index in [2.05, 4.69) is 13.0 Å². The highest BCUT2D eigenvalue weighted by atomic mass is 16.3. The molecule has 13 heavy (non-hydrogen) atoms. The van der Waals surface area contributed by atoms with Crippen molar-refractivity contribution in [3.63, 3.8) is 0 Å². The average molecular weight is 180 g/mol. The number of rotatable bonds is 0. The number of aliphatic hydroxyl groups excluding tert-OH is 1. The van der Waals surface area contributed by atoms with Gasteiger partial charge in [-0.2, -0.15) is 0 Å². The monoisotopic (exact) mass is 180 g/mol. The highest BCUT2D eigenvalue weighted by Gasteiger charge is 2.48. The van der Waals surface area contributed by atoms with Gasteiger partial charge in [-0.15, -0.1) is 0 Å². The lowest BCUT2D eigenvalue weighted by atomic mass is 9.62. The lowest BCUT2D eigenvalue weighted by Gasteiger charge is -2.48. The molecule has 0 radical (unpaired) electrons. The van der Waals surface area contributed by atoms with E-state index in [1.165, 1.54) is 0 Å². The summed E-state index contributed by atoms with van der Waals surface area (Å²) in [5, 5.41) is 19.8. The second kappa shape index (κ2) is 2.69. The third-order valence-corrected chi connectivity index (χ3v) is 3.46. The molecule has 2 aliphatic carbocycles. The van der Waals surface area contributed by atoms with Crippen molar-refractivity contribution in [3.8, 4) is 0 Å². The maximum absolute atomic E-state index is 10.4. The van der Waals surface area contributed by atoms with E-state index < -0.39 is 11.7 Å². The Morgan fingerprint density at radius 2 is 2.00 bits per heavy atom. The minimum absolute atomic E-state index is 0.180. The molecule has 0 unspecified atom stereocenters. The summed E-state index contributed by atoms with van der Waals surface area (Å²) >= 11 is 0. The Labute approximate surface area is 78.6 Å². The molecule has 72 valence electrons. The fourth-order valence-corrected chi connectivity index (χ4v) is 2.31. The zero-order chi connectivity index (χ0) is 9.53. The van der Waals surface area contributed by atoms with Crippen LogP contribution in [0.4, 0.5) is 0 Å². The summed E-state index contributed by atoms with van der Waals surface area (Å²) < 4.78 is 0. The minimum atomic E-state index is -0.740. The zero-order valence-corrected chi connectivity index (χ0v) is 7.90. The van der Waals surface area contributed by atoms with Crippen LogP contribution in [0.15, 0.2) is 24.3 Å². The molecule has 2 N–H and O–H groups in total. The predicted molar refractivity (Wildman–Crippen MR) is 51.2 cm³/mol. The second-order valence-corrected chi connectivity index (χ2v) is 4.46. The average Bonchev–Trinajstić information content (AvgIpc) is 2.07. The van der Waals surface area contributed by atoms with E-state index in [-0.39, 0.29) is 5.41 Å². The summed E-state index contributed by atoms with van der Waals surface area (Å²) in [6.45, 7) is 2.05. The van der Waals surface area contributed by atoms with Gasteiger partial charge in [0.25, 0.3) is 0 Å². The molecule has 2 nitrogen and oxygen atoms in total. The summed E-state index contributed by atoms with van der Waals surface area (Å²) in [4.78, 5) is 0. The molecule has 0 aromatic heterocycles. The number of hydrogen-bond acceptors (Lipinski definition) is 2. The van der Waals surface area contributed by atoms with Crippen molar-refractivity contribution in [1.29, 1.82) is 0 Å². The van der Waals surface area contributed by atoms with E-state index in [0.29, 0.717) is 12.8 Å². The molecule has 0 aromatic rings. The van der Waals surface area contributed by atoms with Crippen LogP contribution in [-0.2, 0) is 0 Å². The first-order valence-corrected chi connectivity index (χ1v) is 4.81. The quantitative estimate of drug-likeness (QED) is 0.553. The van der Waals surface area contributed by atoms with Gasteiger partial charge < -0.3 is 10.2 Å². The van der Waals surface area contributed by atoms with Crippen molar-refractivity contribution >= 4 is 0 Å². The first kappa shape index (κ1) is 8.97. The van der Waals surface area contributed by atoms with Crippen LogP contribution >= 0.6 is 0 Å². The lowest BCUT2D eigenvalue weighted by Crippen LogP contribution is -2.50. The van der Waals surface area contributed by atoms with Crippen LogP contribution < -0.4 is 0 Å². The van der Waals surface area contributed by atoms with Gasteiger partial charge in [-0.05, 0) is 12.8 Å². The minimum Gasteiger partial charge on any atom is -0.389 e. The van der Waals surface area contributed by atoms with E-state index in [4.69, 9.17) is 0 Å². The molecule has 0 saturated heterocycles. The van der Waals surface area contributed by atoms with Crippen molar-refractivity contribution < 1.29 is 10.2 Å². The topological polar surface area (TPSA) is 40.5 Å². The van der Waals surface area contributed by atoms with Crippen LogP contribution in [-0.4, -0.2) is 21.9 Å². The van der Waals surface area contributed by atoms with Crippen molar-refractivity contribution in [2.45, 2.75) is 37.9 Å². The van der Waals surface area contributed by atoms with Crippen LogP contribution in [0.25, 0.3) is 0 Å². The van der Waals surface area contributed by atoms with Gasteiger partial charge in [0.15, 0.2) is 0 Å². The van der Waals surface area contributed by atoms with Crippen LogP contribution in [0.1, 0.15) is 26.2 Å². The van der Waals surface area contributed by atoms with Gasteiger partial charge in [0, 0.05) is 11.8 Å². The van der Waals surface area contributed by atoms with Gasteiger partial charge in [-0.1, -0.05) is 31.2 Å². The largest absolute Gasteiger partial charge is 0.389 e. The molecule has 0 saturated carbocycles. The zero-order valence-electron chi connectivity index (χ0n) is 7.90.